The van der Waals surface area contributed by atoms with Gasteiger partial charge in [-0.2, -0.15) is 0 Å². The highest BCUT2D eigenvalue weighted by atomic mass is 16.5. The molecular weight excluding hydrogens is 210 g/mol. The summed E-state index contributed by atoms with van der Waals surface area (Å²) in [5.41, 5.74) is 0. The Hall–Kier alpha value is -1.10. The Kier molecular flexibility index (Phi) is 7.54. The van der Waals surface area contributed by atoms with Crippen LogP contribution in [-0.4, -0.2) is 50.2 Å². The van der Waals surface area contributed by atoms with E-state index in [4.69, 9.17) is 9.47 Å². The van der Waals surface area contributed by atoms with Gasteiger partial charge < -0.3 is 9.47 Å². The fourth-order valence-electron chi connectivity index (χ4n) is 1.31. The van der Waals surface area contributed by atoms with Gasteiger partial charge in [0, 0.05) is 6.42 Å². The molecule has 0 fully saturated rings. The van der Waals surface area contributed by atoms with E-state index in [2.05, 4.69) is 0 Å². The summed E-state index contributed by atoms with van der Waals surface area (Å²) >= 11 is 0. The van der Waals surface area contributed by atoms with Crippen LogP contribution in [0.1, 0.15) is 26.7 Å². The van der Waals surface area contributed by atoms with Crippen LogP contribution in [0.25, 0.3) is 0 Å². The Labute approximate surface area is 96.7 Å². The summed E-state index contributed by atoms with van der Waals surface area (Å²) in [6, 6.07) is -0.385. The van der Waals surface area contributed by atoms with Gasteiger partial charge in [0.1, 0.15) is 6.04 Å². The Morgan fingerprint density at radius 1 is 1.12 bits per heavy atom. The molecule has 0 aliphatic heterocycles. The zero-order chi connectivity index (χ0) is 12.6. The molecule has 0 N–H and O–H groups in total. The Morgan fingerprint density at radius 3 is 2.12 bits per heavy atom. The lowest BCUT2D eigenvalue weighted by atomic mass is 10.1. The number of nitrogens with zero attached hydrogens (tertiary/aromatic N) is 1. The van der Waals surface area contributed by atoms with Crippen molar-refractivity contribution in [1.29, 1.82) is 0 Å². The van der Waals surface area contributed by atoms with Crippen LogP contribution in [0.5, 0.6) is 0 Å². The number of ether oxygens (including phenoxy) is 2. The minimum atomic E-state index is -0.385. The molecule has 0 aliphatic rings. The molecule has 0 amide bonds. The molecule has 5 nitrogen and oxygen atoms in total. The highest BCUT2D eigenvalue weighted by Gasteiger charge is 2.23. The van der Waals surface area contributed by atoms with Crippen molar-refractivity contribution in [2.75, 3.05) is 27.3 Å². The third kappa shape index (κ3) is 5.70. The molecule has 0 heterocycles. The summed E-state index contributed by atoms with van der Waals surface area (Å²) in [5, 5.41) is 0. The molecule has 0 saturated carbocycles. The van der Waals surface area contributed by atoms with E-state index in [1.54, 1.807) is 32.8 Å². The monoisotopic (exact) mass is 231 g/mol. The number of carbonyl (C=O) groups is 2. The van der Waals surface area contributed by atoms with Crippen LogP contribution in [0.3, 0.4) is 0 Å². The van der Waals surface area contributed by atoms with Gasteiger partial charge in [-0.05, 0) is 34.4 Å². The number of rotatable bonds is 7. The molecule has 0 aromatic heterocycles. The third-order valence-corrected chi connectivity index (χ3v) is 2.11. The van der Waals surface area contributed by atoms with Crippen LogP contribution in [0.4, 0.5) is 0 Å². The number of hydrogen-bond donors (Lipinski definition) is 0. The smallest absolute Gasteiger partial charge is 0.323 e. The summed E-state index contributed by atoms with van der Waals surface area (Å²) in [7, 11) is 3.57. The molecule has 0 radical (unpaired) electrons. The lowest BCUT2D eigenvalue weighted by Gasteiger charge is -2.21. The third-order valence-electron chi connectivity index (χ3n) is 2.11. The van der Waals surface area contributed by atoms with Gasteiger partial charge in [0.15, 0.2) is 0 Å². The molecule has 0 spiro atoms. The first kappa shape index (κ1) is 14.9. The van der Waals surface area contributed by atoms with E-state index in [9.17, 15) is 9.59 Å². The molecule has 0 aromatic rings. The second-order valence-electron chi connectivity index (χ2n) is 3.58. The van der Waals surface area contributed by atoms with Gasteiger partial charge in [0.25, 0.3) is 0 Å². The first-order valence-electron chi connectivity index (χ1n) is 5.51. The van der Waals surface area contributed by atoms with Crippen LogP contribution in [0, 0.1) is 0 Å². The zero-order valence-corrected chi connectivity index (χ0v) is 10.5. The summed E-state index contributed by atoms with van der Waals surface area (Å²) in [5.74, 6) is -0.574. The standard InChI is InChI=1S/C11H21NO4/c1-5-15-10(13)8-7-9(12(3)4)11(14)16-6-2/h9H,5-8H2,1-4H3. The van der Waals surface area contributed by atoms with E-state index in [-0.39, 0.29) is 24.4 Å². The van der Waals surface area contributed by atoms with Crippen molar-refractivity contribution in [3.05, 3.63) is 0 Å². The molecule has 94 valence electrons. The normalized spacial score (nSPS) is 12.3. The van der Waals surface area contributed by atoms with Crippen molar-refractivity contribution in [1.82, 2.24) is 4.90 Å². The molecule has 0 rings (SSSR count). The van der Waals surface area contributed by atoms with Gasteiger partial charge in [0.05, 0.1) is 13.2 Å². The second kappa shape index (κ2) is 8.10. The maximum absolute atomic E-state index is 11.5. The molecule has 0 saturated heterocycles. The number of carbonyl (C=O) groups excluding carboxylic acids is 2. The summed E-state index contributed by atoms with van der Waals surface area (Å²) in [6.45, 7) is 4.23. The zero-order valence-electron chi connectivity index (χ0n) is 10.5. The van der Waals surface area contributed by atoms with E-state index in [0.717, 1.165) is 0 Å². The van der Waals surface area contributed by atoms with Crippen molar-refractivity contribution < 1.29 is 19.1 Å². The quantitative estimate of drug-likeness (QED) is 0.607. The van der Waals surface area contributed by atoms with Crippen molar-refractivity contribution >= 4 is 11.9 Å². The van der Waals surface area contributed by atoms with Gasteiger partial charge in [-0.3, -0.25) is 14.5 Å². The van der Waals surface area contributed by atoms with Crippen LogP contribution in [0.2, 0.25) is 0 Å². The Balaban J connectivity index is 4.13. The minimum Gasteiger partial charge on any atom is -0.466 e. The fourth-order valence-corrected chi connectivity index (χ4v) is 1.31. The van der Waals surface area contributed by atoms with Crippen molar-refractivity contribution in [2.24, 2.45) is 0 Å². The maximum atomic E-state index is 11.5. The first-order valence-corrected chi connectivity index (χ1v) is 5.51. The number of esters is 2. The molecule has 1 atom stereocenters. The van der Waals surface area contributed by atoms with Gasteiger partial charge >= 0.3 is 11.9 Å². The predicted octanol–water partition coefficient (Wildman–Crippen LogP) is 0.823. The minimum absolute atomic E-state index is 0.232. The lowest BCUT2D eigenvalue weighted by molar-refractivity contribution is -0.149. The number of hydrogen-bond acceptors (Lipinski definition) is 5. The van der Waals surface area contributed by atoms with Crippen molar-refractivity contribution in [2.45, 2.75) is 32.7 Å². The van der Waals surface area contributed by atoms with E-state index in [0.29, 0.717) is 19.6 Å². The predicted molar refractivity (Wildman–Crippen MR) is 60.0 cm³/mol. The largest absolute Gasteiger partial charge is 0.466 e. The first-order chi connectivity index (χ1) is 7.52. The second-order valence-corrected chi connectivity index (χ2v) is 3.58. The highest BCUT2D eigenvalue weighted by Crippen LogP contribution is 2.07. The maximum Gasteiger partial charge on any atom is 0.323 e. The van der Waals surface area contributed by atoms with Crippen LogP contribution >= 0.6 is 0 Å². The van der Waals surface area contributed by atoms with Crippen LogP contribution in [0.15, 0.2) is 0 Å². The topological polar surface area (TPSA) is 55.8 Å². The summed E-state index contributed by atoms with van der Waals surface area (Å²) in [6.07, 6.45) is 0.653. The average molecular weight is 231 g/mol. The summed E-state index contributed by atoms with van der Waals surface area (Å²) in [4.78, 5) is 24.4. The van der Waals surface area contributed by atoms with Gasteiger partial charge in [-0.1, -0.05) is 0 Å². The Morgan fingerprint density at radius 2 is 1.69 bits per heavy atom. The van der Waals surface area contributed by atoms with E-state index >= 15 is 0 Å². The van der Waals surface area contributed by atoms with E-state index < -0.39 is 0 Å². The highest BCUT2D eigenvalue weighted by molar-refractivity contribution is 5.77. The van der Waals surface area contributed by atoms with Gasteiger partial charge in [-0.25, -0.2) is 0 Å². The lowest BCUT2D eigenvalue weighted by Crippen LogP contribution is -2.37. The molecule has 5 heteroatoms. The molecule has 0 aromatic carbocycles. The van der Waals surface area contributed by atoms with E-state index in [1.807, 2.05) is 0 Å². The molecule has 0 aliphatic carbocycles. The molecule has 1 unspecified atom stereocenters. The SMILES string of the molecule is CCOC(=O)CCC(C(=O)OCC)N(C)C. The van der Waals surface area contributed by atoms with E-state index in [1.165, 1.54) is 0 Å². The van der Waals surface area contributed by atoms with Crippen LogP contribution < -0.4 is 0 Å². The van der Waals surface area contributed by atoms with Crippen molar-refractivity contribution in [3.8, 4) is 0 Å². The van der Waals surface area contributed by atoms with Gasteiger partial charge in [-0.15, -0.1) is 0 Å². The number of likely N-dealkylation sites (N-methyl/N-ethyl adjacent to an activating group) is 1. The fraction of sp³-hybridized carbons (Fsp3) is 0.818. The van der Waals surface area contributed by atoms with Crippen LogP contribution in [-0.2, 0) is 19.1 Å². The molecular formula is C11H21NO4. The summed E-state index contributed by atoms with van der Waals surface area (Å²) < 4.78 is 9.73. The molecule has 0 bridgehead atoms. The average Bonchev–Trinajstić information content (AvgIpc) is 2.18. The Bertz CT molecular complexity index is 228. The van der Waals surface area contributed by atoms with Crippen molar-refractivity contribution in [3.63, 3.8) is 0 Å². The van der Waals surface area contributed by atoms with Gasteiger partial charge in [0.2, 0.25) is 0 Å². The molecule has 16 heavy (non-hydrogen) atoms.